The van der Waals surface area contributed by atoms with Crippen molar-refractivity contribution in [3.8, 4) is 17.2 Å². The van der Waals surface area contributed by atoms with Gasteiger partial charge in [0.1, 0.15) is 12.4 Å². The average molecular weight is 444 g/mol. The first-order valence-corrected chi connectivity index (χ1v) is 10.0. The van der Waals surface area contributed by atoms with Crippen LogP contribution in [0, 0.1) is 24.0 Å². The number of amides is 2. The van der Waals surface area contributed by atoms with E-state index in [4.69, 9.17) is 9.47 Å². The second-order valence-electron chi connectivity index (χ2n) is 6.80. The molecule has 1 aliphatic heterocycles. The molecule has 2 aromatic rings. The van der Waals surface area contributed by atoms with Crippen LogP contribution in [0.3, 0.4) is 0 Å². The monoisotopic (exact) mass is 444 g/mol. The van der Waals surface area contributed by atoms with Crippen LogP contribution in [0.2, 0.25) is 0 Å². The third kappa shape index (κ3) is 4.80. The van der Waals surface area contributed by atoms with Crippen LogP contribution in [0.5, 0.6) is 17.2 Å². The predicted octanol–water partition coefficient (Wildman–Crippen LogP) is 4.04. The predicted molar refractivity (Wildman–Crippen MR) is 115 cm³/mol. The number of thioether (sulfide) groups is 1. The Morgan fingerprint density at radius 1 is 1.19 bits per heavy atom. The van der Waals surface area contributed by atoms with Crippen molar-refractivity contribution < 1.29 is 29.1 Å². The van der Waals surface area contributed by atoms with Crippen molar-refractivity contribution in [2.75, 3.05) is 20.3 Å². The Morgan fingerprint density at radius 2 is 1.94 bits per heavy atom. The van der Waals surface area contributed by atoms with E-state index in [9.17, 15) is 24.8 Å². The van der Waals surface area contributed by atoms with Gasteiger partial charge in [0, 0.05) is 6.07 Å². The van der Waals surface area contributed by atoms with Gasteiger partial charge < -0.3 is 14.6 Å². The number of phenolic OH excluding ortho intramolecular Hbond substituents is 1. The van der Waals surface area contributed by atoms with Crippen molar-refractivity contribution in [2.45, 2.75) is 13.8 Å². The zero-order valence-electron chi connectivity index (χ0n) is 17.1. The molecule has 9 nitrogen and oxygen atoms in total. The fourth-order valence-electron chi connectivity index (χ4n) is 2.95. The summed E-state index contributed by atoms with van der Waals surface area (Å²) in [5.74, 6) is -0.553. The first-order valence-electron chi connectivity index (χ1n) is 9.22. The molecular weight excluding hydrogens is 424 g/mol. The lowest BCUT2D eigenvalue weighted by Crippen LogP contribution is -2.32. The van der Waals surface area contributed by atoms with Gasteiger partial charge in [0.15, 0.2) is 5.75 Å². The van der Waals surface area contributed by atoms with Gasteiger partial charge in [-0.2, -0.15) is 0 Å². The molecule has 1 N–H and O–H groups in total. The van der Waals surface area contributed by atoms with Crippen molar-refractivity contribution in [2.24, 2.45) is 0 Å². The summed E-state index contributed by atoms with van der Waals surface area (Å²) in [5, 5.41) is 20.6. The molecule has 0 aromatic heterocycles. The molecule has 1 heterocycles. The normalized spacial score (nSPS) is 14.9. The van der Waals surface area contributed by atoms with Gasteiger partial charge in [0.05, 0.1) is 23.5 Å². The Labute approximate surface area is 182 Å². The number of aromatic hydroxyl groups is 1. The van der Waals surface area contributed by atoms with Gasteiger partial charge in [0.2, 0.25) is 5.75 Å². The van der Waals surface area contributed by atoms with Gasteiger partial charge in [-0.15, -0.1) is 0 Å². The number of carbonyl (C=O) groups is 2. The highest BCUT2D eigenvalue weighted by atomic mass is 32.2. The van der Waals surface area contributed by atoms with Crippen molar-refractivity contribution in [1.29, 1.82) is 0 Å². The van der Waals surface area contributed by atoms with Crippen LogP contribution in [0.1, 0.15) is 16.7 Å². The highest BCUT2D eigenvalue weighted by Gasteiger charge is 2.35. The number of nitro benzene ring substituents is 1. The van der Waals surface area contributed by atoms with Crippen LogP contribution in [-0.4, -0.2) is 46.3 Å². The summed E-state index contributed by atoms with van der Waals surface area (Å²) in [4.78, 5) is 36.5. The van der Waals surface area contributed by atoms with E-state index >= 15 is 0 Å². The van der Waals surface area contributed by atoms with E-state index in [1.807, 2.05) is 32.0 Å². The molecule has 0 radical (unpaired) electrons. The van der Waals surface area contributed by atoms with Gasteiger partial charge in [-0.25, -0.2) is 0 Å². The zero-order chi connectivity index (χ0) is 22.7. The summed E-state index contributed by atoms with van der Waals surface area (Å²) in [6, 6.07) is 8.23. The van der Waals surface area contributed by atoms with E-state index < -0.39 is 27.5 Å². The number of imide groups is 1. The summed E-state index contributed by atoms with van der Waals surface area (Å²) >= 11 is 0.730. The minimum Gasteiger partial charge on any atom is -0.500 e. The molecule has 0 saturated carbocycles. The molecule has 10 heteroatoms. The maximum atomic E-state index is 12.7. The molecule has 2 aromatic carbocycles. The number of aryl methyl sites for hydroxylation is 2. The fraction of sp³-hybridized carbons (Fsp3) is 0.238. The molecular formula is C21H20N2O7S. The standard InChI is InChI=1S/C21H20N2O7S/c1-12-4-5-13(2)16(8-12)30-7-6-22-20(25)18(31-21(22)26)11-14-9-15(23(27)28)19(24)17(10-14)29-3/h4-5,8-11,24H,6-7H2,1-3H3/b18-11-. The van der Waals surface area contributed by atoms with E-state index in [-0.39, 0.29) is 29.4 Å². The molecule has 3 rings (SSSR count). The fourth-order valence-corrected chi connectivity index (χ4v) is 3.81. The number of benzene rings is 2. The lowest BCUT2D eigenvalue weighted by molar-refractivity contribution is -0.386. The number of phenols is 1. The summed E-state index contributed by atoms with van der Waals surface area (Å²) in [7, 11) is 1.26. The van der Waals surface area contributed by atoms with Crippen LogP contribution in [0.4, 0.5) is 10.5 Å². The lowest BCUT2D eigenvalue weighted by Gasteiger charge is -2.14. The quantitative estimate of drug-likeness (QED) is 0.386. The van der Waals surface area contributed by atoms with E-state index in [0.717, 1.165) is 33.9 Å². The van der Waals surface area contributed by atoms with Crippen LogP contribution in [0.15, 0.2) is 35.2 Å². The van der Waals surface area contributed by atoms with Gasteiger partial charge >= 0.3 is 5.69 Å². The lowest BCUT2D eigenvalue weighted by atomic mass is 10.1. The molecule has 0 atom stereocenters. The van der Waals surface area contributed by atoms with E-state index in [1.54, 1.807) is 0 Å². The smallest absolute Gasteiger partial charge is 0.315 e. The number of hydrogen-bond acceptors (Lipinski definition) is 8. The highest BCUT2D eigenvalue weighted by molar-refractivity contribution is 8.18. The van der Waals surface area contributed by atoms with Gasteiger partial charge in [0.25, 0.3) is 11.1 Å². The average Bonchev–Trinajstić information content (AvgIpc) is 2.98. The third-order valence-electron chi connectivity index (χ3n) is 4.58. The molecule has 31 heavy (non-hydrogen) atoms. The summed E-state index contributed by atoms with van der Waals surface area (Å²) in [5.41, 5.74) is 1.67. The van der Waals surface area contributed by atoms with E-state index in [1.165, 1.54) is 19.3 Å². The second-order valence-corrected chi connectivity index (χ2v) is 7.79. The van der Waals surface area contributed by atoms with Gasteiger partial charge in [-0.3, -0.25) is 24.6 Å². The molecule has 0 bridgehead atoms. The summed E-state index contributed by atoms with van der Waals surface area (Å²) in [6.45, 7) is 4.04. The van der Waals surface area contributed by atoms with E-state index in [2.05, 4.69) is 0 Å². The van der Waals surface area contributed by atoms with Crippen LogP contribution >= 0.6 is 11.8 Å². The SMILES string of the molecule is COc1cc(/C=C2\SC(=O)N(CCOc3cc(C)ccc3C)C2=O)cc([N+](=O)[O-])c1O. The molecule has 1 fully saturated rings. The van der Waals surface area contributed by atoms with Crippen molar-refractivity contribution >= 4 is 34.7 Å². The van der Waals surface area contributed by atoms with Crippen molar-refractivity contribution in [1.82, 2.24) is 4.90 Å². The number of nitro groups is 1. The van der Waals surface area contributed by atoms with Crippen molar-refractivity contribution in [3.05, 3.63) is 62.0 Å². The summed E-state index contributed by atoms with van der Waals surface area (Å²) in [6.07, 6.45) is 1.35. The minimum absolute atomic E-state index is 0.0639. The number of hydrogen-bond donors (Lipinski definition) is 1. The van der Waals surface area contributed by atoms with Crippen LogP contribution in [-0.2, 0) is 4.79 Å². The first-order chi connectivity index (χ1) is 14.7. The topological polar surface area (TPSA) is 119 Å². The first kappa shape index (κ1) is 22.2. The zero-order valence-corrected chi connectivity index (χ0v) is 17.9. The van der Waals surface area contributed by atoms with Crippen LogP contribution in [0.25, 0.3) is 6.08 Å². The molecule has 2 amide bonds. The molecule has 1 saturated heterocycles. The van der Waals surface area contributed by atoms with E-state index in [0.29, 0.717) is 5.75 Å². The maximum absolute atomic E-state index is 12.7. The van der Waals surface area contributed by atoms with Gasteiger partial charge in [-0.05, 0) is 60.5 Å². The Morgan fingerprint density at radius 3 is 2.61 bits per heavy atom. The number of carbonyl (C=O) groups excluding carboxylic acids is 2. The molecule has 162 valence electrons. The van der Waals surface area contributed by atoms with Crippen LogP contribution < -0.4 is 9.47 Å². The summed E-state index contributed by atoms with van der Waals surface area (Å²) < 4.78 is 10.7. The second kappa shape index (κ2) is 9.09. The molecule has 0 unspecified atom stereocenters. The molecule has 0 spiro atoms. The minimum atomic E-state index is -0.758. The highest BCUT2D eigenvalue weighted by Crippen LogP contribution is 2.39. The maximum Gasteiger partial charge on any atom is 0.315 e. The Hall–Kier alpha value is -3.53. The molecule has 1 aliphatic rings. The number of nitrogens with zero attached hydrogens (tertiary/aromatic N) is 2. The number of rotatable bonds is 7. The largest absolute Gasteiger partial charge is 0.500 e. The third-order valence-corrected chi connectivity index (χ3v) is 5.49. The Kier molecular flexibility index (Phi) is 6.50. The number of methoxy groups -OCH3 is 1. The van der Waals surface area contributed by atoms with Gasteiger partial charge in [-0.1, -0.05) is 12.1 Å². The molecule has 0 aliphatic carbocycles. The number of ether oxygens (including phenoxy) is 2. The Balaban J connectivity index is 1.75. The Bertz CT molecular complexity index is 1100. The van der Waals surface area contributed by atoms with Crippen molar-refractivity contribution in [3.63, 3.8) is 0 Å².